The molecule has 0 saturated carbocycles. The highest BCUT2D eigenvalue weighted by Crippen LogP contribution is 2.32. The van der Waals surface area contributed by atoms with Crippen molar-refractivity contribution in [3.63, 3.8) is 0 Å². The number of urea groups is 1. The molecule has 4 rings (SSSR count). The van der Waals surface area contributed by atoms with Gasteiger partial charge in [-0.2, -0.15) is 0 Å². The SMILES string of the molecule is CC[C@@]1(c2ccc(F)cc2)NC(=O)N(CC(=O)N[C@H](C)c2ccc(-c3ccccc3)cc2)C1=O. The summed E-state index contributed by atoms with van der Waals surface area (Å²) in [5.74, 6) is -1.41. The second-order valence-electron chi connectivity index (χ2n) is 8.36. The summed E-state index contributed by atoms with van der Waals surface area (Å²) < 4.78 is 13.4. The van der Waals surface area contributed by atoms with Gasteiger partial charge in [0, 0.05) is 0 Å². The lowest BCUT2D eigenvalue weighted by atomic mass is 9.87. The first-order valence-corrected chi connectivity index (χ1v) is 11.2. The van der Waals surface area contributed by atoms with Gasteiger partial charge in [-0.25, -0.2) is 9.18 Å². The average Bonchev–Trinajstić information content (AvgIpc) is 3.10. The largest absolute Gasteiger partial charge is 0.348 e. The quantitative estimate of drug-likeness (QED) is 0.510. The normalized spacial score (nSPS) is 18.5. The van der Waals surface area contributed by atoms with Gasteiger partial charge < -0.3 is 10.6 Å². The van der Waals surface area contributed by atoms with Gasteiger partial charge in [-0.1, -0.05) is 73.7 Å². The van der Waals surface area contributed by atoms with Crippen LogP contribution in [0.2, 0.25) is 0 Å². The highest BCUT2D eigenvalue weighted by Gasteiger charge is 2.51. The average molecular weight is 460 g/mol. The first-order chi connectivity index (χ1) is 16.3. The van der Waals surface area contributed by atoms with E-state index in [0.717, 1.165) is 21.6 Å². The van der Waals surface area contributed by atoms with Crippen molar-refractivity contribution in [1.29, 1.82) is 0 Å². The third-order valence-electron chi connectivity index (χ3n) is 6.24. The number of nitrogens with one attached hydrogen (secondary N) is 2. The minimum absolute atomic E-state index is 0.269. The summed E-state index contributed by atoms with van der Waals surface area (Å²) in [5, 5.41) is 5.55. The van der Waals surface area contributed by atoms with Crippen LogP contribution in [0.15, 0.2) is 78.9 Å². The van der Waals surface area contributed by atoms with Crippen molar-refractivity contribution in [1.82, 2.24) is 15.5 Å². The third-order valence-corrected chi connectivity index (χ3v) is 6.24. The van der Waals surface area contributed by atoms with E-state index in [2.05, 4.69) is 10.6 Å². The number of carbonyl (C=O) groups is 3. The van der Waals surface area contributed by atoms with Crippen LogP contribution < -0.4 is 10.6 Å². The number of halogens is 1. The summed E-state index contributed by atoms with van der Waals surface area (Å²) in [6.45, 7) is 3.20. The van der Waals surface area contributed by atoms with Crippen molar-refractivity contribution in [2.45, 2.75) is 31.8 Å². The molecule has 3 aromatic carbocycles. The molecule has 1 fully saturated rings. The number of imide groups is 1. The number of nitrogens with zero attached hydrogens (tertiary/aromatic N) is 1. The molecular formula is C27H26FN3O3. The fraction of sp³-hybridized carbons (Fsp3) is 0.222. The molecule has 4 amide bonds. The molecule has 0 radical (unpaired) electrons. The van der Waals surface area contributed by atoms with Crippen LogP contribution in [0.25, 0.3) is 11.1 Å². The summed E-state index contributed by atoms with van der Waals surface area (Å²) in [5.41, 5.74) is 2.23. The molecular weight excluding hydrogens is 433 g/mol. The van der Waals surface area contributed by atoms with E-state index in [9.17, 15) is 18.8 Å². The molecule has 0 aromatic heterocycles. The molecule has 2 N–H and O–H groups in total. The van der Waals surface area contributed by atoms with Crippen LogP contribution in [0, 0.1) is 5.82 Å². The van der Waals surface area contributed by atoms with E-state index in [4.69, 9.17) is 0 Å². The molecule has 174 valence electrons. The monoisotopic (exact) mass is 459 g/mol. The van der Waals surface area contributed by atoms with Crippen LogP contribution in [0.1, 0.15) is 37.4 Å². The Morgan fingerprint density at radius 1 is 0.971 bits per heavy atom. The van der Waals surface area contributed by atoms with Gasteiger partial charge in [0.05, 0.1) is 6.04 Å². The standard InChI is InChI=1S/C27H26FN3O3/c1-3-27(22-13-15-23(28)16-14-22)25(33)31(26(34)30-27)17-24(32)29-18(2)19-9-11-21(12-10-19)20-7-5-4-6-8-20/h4-16,18H,3,17H2,1-2H3,(H,29,32)(H,30,34)/t18-,27+/m1/s1. The van der Waals surface area contributed by atoms with Gasteiger partial charge in [0.15, 0.2) is 0 Å². The van der Waals surface area contributed by atoms with Gasteiger partial charge in [0.1, 0.15) is 17.9 Å². The molecule has 1 aliphatic heterocycles. The zero-order chi connectivity index (χ0) is 24.3. The maximum absolute atomic E-state index is 13.4. The highest BCUT2D eigenvalue weighted by molar-refractivity contribution is 6.09. The second kappa shape index (κ2) is 9.47. The summed E-state index contributed by atoms with van der Waals surface area (Å²) in [7, 11) is 0. The lowest BCUT2D eigenvalue weighted by Gasteiger charge is -2.25. The Hall–Kier alpha value is -4.00. The summed E-state index contributed by atoms with van der Waals surface area (Å²) in [6, 6.07) is 22.3. The Bertz CT molecular complexity index is 1200. The van der Waals surface area contributed by atoms with Crippen LogP contribution in [-0.4, -0.2) is 29.3 Å². The predicted molar refractivity (Wildman–Crippen MR) is 127 cm³/mol. The Kier molecular flexibility index (Phi) is 6.45. The number of amides is 4. The van der Waals surface area contributed by atoms with Crippen LogP contribution >= 0.6 is 0 Å². The smallest absolute Gasteiger partial charge is 0.325 e. The van der Waals surface area contributed by atoms with Gasteiger partial charge in [-0.05, 0) is 47.7 Å². The summed E-state index contributed by atoms with van der Waals surface area (Å²) in [4.78, 5) is 39.4. The number of benzene rings is 3. The molecule has 34 heavy (non-hydrogen) atoms. The maximum atomic E-state index is 13.4. The summed E-state index contributed by atoms with van der Waals surface area (Å²) >= 11 is 0. The molecule has 1 saturated heterocycles. The maximum Gasteiger partial charge on any atom is 0.325 e. The zero-order valence-electron chi connectivity index (χ0n) is 19.0. The van der Waals surface area contributed by atoms with Crippen LogP contribution in [0.5, 0.6) is 0 Å². The van der Waals surface area contributed by atoms with Crippen molar-refractivity contribution in [2.75, 3.05) is 6.54 Å². The van der Waals surface area contributed by atoms with Gasteiger partial charge >= 0.3 is 6.03 Å². The first kappa shape index (κ1) is 23.2. The van der Waals surface area contributed by atoms with Crippen LogP contribution in [0.3, 0.4) is 0 Å². The van der Waals surface area contributed by atoms with E-state index in [1.807, 2.05) is 61.5 Å². The molecule has 3 aromatic rings. The van der Waals surface area contributed by atoms with Crippen LogP contribution in [-0.2, 0) is 15.1 Å². The van der Waals surface area contributed by atoms with Crippen molar-refractivity contribution in [2.24, 2.45) is 0 Å². The molecule has 2 atom stereocenters. The fourth-order valence-electron chi connectivity index (χ4n) is 4.25. The second-order valence-corrected chi connectivity index (χ2v) is 8.36. The topological polar surface area (TPSA) is 78.5 Å². The minimum atomic E-state index is -1.32. The molecule has 1 heterocycles. The molecule has 0 spiro atoms. The number of rotatable bonds is 7. The lowest BCUT2D eigenvalue weighted by Crippen LogP contribution is -2.45. The van der Waals surface area contributed by atoms with Crippen LogP contribution in [0.4, 0.5) is 9.18 Å². The van der Waals surface area contributed by atoms with Gasteiger partial charge in [-0.15, -0.1) is 0 Å². The van der Waals surface area contributed by atoms with Crippen molar-refractivity contribution < 1.29 is 18.8 Å². The number of hydrogen-bond acceptors (Lipinski definition) is 3. The fourth-order valence-corrected chi connectivity index (χ4v) is 4.25. The van der Waals surface area contributed by atoms with E-state index < -0.39 is 35.7 Å². The van der Waals surface area contributed by atoms with E-state index in [-0.39, 0.29) is 12.5 Å². The Morgan fingerprint density at radius 2 is 1.59 bits per heavy atom. The van der Waals surface area contributed by atoms with E-state index in [1.54, 1.807) is 6.92 Å². The minimum Gasteiger partial charge on any atom is -0.348 e. The van der Waals surface area contributed by atoms with E-state index in [0.29, 0.717) is 5.56 Å². The third kappa shape index (κ3) is 4.41. The number of carbonyl (C=O) groups excluding carboxylic acids is 3. The summed E-state index contributed by atoms with van der Waals surface area (Å²) in [6.07, 6.45) is 0.269. The molecule has 6 nitrogen and oxygen atoms in total. The Balaban J connectivity index is 1.42. The van der Waals surface area contributed by atoms with Gasteiger partial charge in [0.25, 0.3) is 5.91 Å². The van der Waals surface area contributed by atoms with Gasteiger partial charge in [0.2, 0.25) is 5.91 Å². The van der Waals surface area contributed by atoms with E-state index >= 15 is 0 Å². The number of hydrogen-bond donors (Lipinski definition) is 2. The highest BCUT2D eigenvalue weighted by atomic mass is 19.1. The Morgan fingerprint density at radius 3 is 2.21 bits per heavy atom. The molecule has 1 aliphatic rings. The zero-order valence-corrected chi connectivity index (χ0v) is 19.0. The molecule has 0 unspecified atom stereocenters. The molecule has 7 heteroatoms. The first-order valence-electron chi connectivity index (χ1n) is 11.2. The van der Waals surface area contributed by atoms with Crippen molar-refractivity contribution in [3.8, 4) is 11.1 Å². The lowest BCUT2D eigenvalue weighted by molar-refractivity contribution is -0.135. The van der Waals surface area contributed by atoms with Crippen molar-refractivity contribution >= 4 is 17.8 Å². The van der Waals surface area contributed by atoms with E-state index in [1.165, 1.54) is 24.3 Å². The predicted octanol–water partition coefficient (Wildman–Crippen LogP) is 4.53. The Labute approximate surface area is 197 Å². The van der Waals surface area contributed by atoms with Gasteiger partial charge in [-0.3, -0.25) is 14.5 Å². The molecule has 0 bridgehead atoms. The molecule has 0 aliphatic carbocycles. The van der Waals surface area contributed by atoms with Crippen molar-refractivity contribution in [3.05, 3.63) is 95.8 Å².